The van der Waals surface area contributed by atoms with Crippen LogP contribution in [0.1, 0.15) is 11.5 Å². The molecule has 2 aromatic rings. The van der Waals surface area contributed by atoms with E-state index < -0.39 is 0 Å². The summed E-state index contributed by atoms with van der Waals surface area (Å²) in [5.74, 6) is 0.912. The molecule has 1 heterocycles. The van der Waals surface area contributed by atoms with Gasteiger partial charge in [-0.1, -0.05) is 12.1 Å². The number of halogens is 1. The molecule has 0 radical (unpaired) electrons. The van der Waals surface area contributed by atoms with Crippen LogP contribution in [0.4, 0.5) is 0 Å². The second-order valence-electron chi connectivity index (χ2n) is 2.66. The van der Waals surface area contributed by atoms with Gasteiger partial charge in [-0.05, 0) is 18.6 Å². The van der Waals surface area contributed by atoms with E-state index in [2.05, 4.69) is 4.98 Å². The third-order valence-corrected chi connectivity index (χ3v) is 2.00. The van der Waals surface area contributed by atoms with E-state index in [0.717, 1.165) is 16.7 Å². The summed E-state index contributed by atoms with van der Waals surface area (Å²) < 4.78 is 5.40. The van der Waals surface area contributed by atoms with Crippen LogP contribution in [-0.2, 0) is 5.88 Å². The zero-order chi connectivity index (χ0) is 8.55. The second kappa shape index (κ2) is 2.79. The molecule has 1 aromatic heterocycles. The van der Waals surface area contributed by atoms with E-state index in [9.17, 15) is 0 Å². The summed E-state index contributed by atoms with van der Waals surface area (Å²) in [6.45, 7) is 1.99. The second-order valence-corrected chi connectivity index (χ2v) is 2.93. The Morgan fingerprint density at radius 1 is 1.50 bits per heavy atom. The van der Waals surface area contributed by atoms with E-state index in [4.69, 9.17) is 16.0 Å². The van der Waals surface area contributed by atoms with E-state index >= 15 is 0 Å². The number of alkyl halides is 1. The average molecular weight is 182 g/mol. The highest BCUT2D eigenvalue weighted by Crippen LogP contribution is 2.19. The highest BCUT2D eigenvalue weighted by atomic mass is 35.5. The van der Waals surface area contributed by atoms with Gasteiger partial charge in [0.05, 0.1) is 5.88 Å². The quantitative estimate of drug-likeness (QED) is 0.633. The molecule has 0 aliphatic heterocycles. The zero-order valence-electron chi connectivity index (χ0n) is 6.67. The van der Waals surface area contributed by atoms with Crippen molar-refractivity contribution in [3.63, 3.8) is 0 Å². The molecular formula is C9H8ClNO. The van der Waals surface area contributed by atoms with Crippen LogP contribution in [0, 0.1) is 6.92 Å². The van der Waals surface area contributed by atoms with Gasteiger partial charge in [0, 0.05) is 0 Å². The van der Waals surface area contributed by atoms with Gasteiger partial charge in [-0.25, -0.2) is 4.98 Å². The molecule has 0 aliphatic carbocycles. The largest absolute Gasteiger partial charge is 0.439 e. The Labute approximate surface area is 75.2 Å². The number of aryl methyl sites for hydroxylation is 1. The lowest BCUT2D eigenvalue weighted by molar-refractivity contribution is 0.553. The van der Waals surface area contributed by atoms with Crippen molar-refractivity contribution in [2.75, 3.05) is 0 Å². The normalized spacial score (nSPS) is 10.8. The van der Waals surface area contributed by atoms with Crippen molar-refractivity contribution < 1.29 is 4.42 Å². The molecule has 0 unspecified atom stereocenters. The molecule has 0 saturated carbocycles. The van der Waals surface area contributed by atoms with Gasteiger partial charge in [-0.15, -0.1) is 11.6 Å². The molecule has 0 aliphatic rings. The maximum absolute atomic E-state index is 5.59. The first kappa shape index (κ1) is 7.62. The van der Waals surface area contributed by atoms with Gasteiger partial charge >= 0.3 is 0 Å². The van der Waals surface area contributed by atoms with Crippen LogP contribution in [0.2, 0.25) is 0 Å². The van der Waals surface area contributed by atoms with Crippen molar-refractivity contribution in [3.8, 4) is 0 Å². The van der Waals surface area contributed by atoms with Crippen molar-refractivity contribution in [3.05, 3.63) is 29.7 Å². The molecule has 1 aromatic carbocycles. The minimum atomic E-state index is 0.327. The van der Waals surface area contributed by atoms with Gasteiger partial charge < -0.3 is 4.42 Å². The van der Waals surface area contributed by atoms with Crippen molar-refractivity contribution in [2.45, 2.75) is 12.8 Å². The van der Waals surface area contributed by atoms with Crippen molar-refractivity contribution in [1.29, 1.82) is 0 Å². The first-order valence-electron chi connectivity index (χ1n) is 3.72. The number of fused-ring (bicyclic) bond motifs is 1. The van der Waals surface area contributed by atoms with Crippen LogP contribution < -0.4 is 0 Å². The Morgan fingerprint density at radius 3 is 3.00 bits per heavy atom. The molecule has 2 rings (SSSR count). The van der Waals surface area contributed by atoms with Gasteiger partial charge in [0.25, 0.3) is 0 Å². The van der Waals surface area contributed by atoms with Crippen LogP contribution in [0.15, 0.2) is 22.6 Å². The summed E-state index contributed by atoms with van der Waals surface area (Å²) in [4.78, 5) is 4.19. The Hall–Kier alpha value is -1.02. The summed E-state index contributed by atoms with van der Waals surface area (Å²) in [7, 11) is 0. The summed E-state index contributed by atoms with van der Waals surface area (Å²) in [6, 6.07) is 5.87. The third kappa shape index (κ3) is 1.08. The number of hydrogen-bond acceptors (Lipinski definition) is 2. The van der Waals surface area contributed by atoms with Gasteiger partial charge in [0.1, 0.15) is 5.52 Å². The lowest BCUT2D eigenvalue weighted by Crippen LogP contribution is -1.73. The number of rotatable bonds is 1. The number of para-hydroxylation sites is 1. The highest BCUT2D eigenvalue weighted by Gasteiger charge is 2.05. The molecule has 62 valence electrons. The van der Waals surface area contributed by atoms with E-state index in [1.54, 1.807) is 0 Å². The molecule has 0 bridgehead atoms. The summed E-state index contributed by atoms with van der Waals surface area (Å²) in [6.07, 6.45) is 0. The fraction of sp³-hybridized carbons (Fsp3) is 0.222. The van der Waals surface area contributed by atoms with Crippen LogP contribution in [0.25, 0.3) is 11.1 Å². The number of nitrogens with zero attached hydrogens (tertiary/aromatic N) is 1. The number of aromatic nitrogens is 1. The maximum atomic E-state index is 5.59. The fourth-order valence-corrected chi connectivity index (χ4v) is 1.30. The fourth-order valence-electron chi connectivity index (χ4n) is 1.19. The predicted molar refractivity (Wildman–Crippen MR) is 48.3 cm³/mol. The first-order chi connectivity index (χ1) is 5.81. The van der Waals surface area contributed by atoms with Gasteiger partial charge in [-0.3, -0.25) is 0 Å². The standard InChI is InChI=1S/C9H8ClNO/c1-6-3-2-4-7-9(6)12-8(5-10)11-7/h2-4H,5H2,1H3. The Bertz CT molecular complexity index is 408. The van der Waals surface area contributed by atoms with Crippen LogP contribution in [0.3, 0.4) is 0 Å². The van der Waals surface area contributed by atoms with Gasteiger partial charge in [0.15, 0.2) is 5.58 Å². The monoisotopic (exact) mass is 181 g/mol. The third-order valence-electron chi connectivity index (χ3n) is 1.77. The minimum Gasteiger partial charge on any atom is -0.439 e. The van der Waals surface area contributed by atoms with E-state index in [1.165, 1.54) is 0 Å². The smallest absolute Gasteiger partial charge is 0.210 e. The summed E-state index contributed by atoms with van der Waals surface area (Å²) in [5, 5.41) is 0. The highest BCUT2D eigenvalue weighted by molar-refractivity contribution is 6.16. The SMILES string of the molecule is Cc1cccc2nc(CCl)oc12. The molecular weight excluding hydrogens is 174 g/mol. The van der Waals surface area contributed by atoms with Gasteiger partial charge in [0.2, 0.25) is 5.89 Å². The molecule has 0 saturated heterocycles. The first-order valence-corrected chi connectivity index (χ1v) is 4.25. The molecule has 0 N–H and O–H groups in total. The number of benzene rings is 1. The van der Waals surface area contributed by atoms with Crippen LogP contribution in [-0.4, -0.2) is 4.98 Å². The molecule has 0 spiro atoms. The van der Waals surface area contributed by atoms with E-state index in [1.807, 2.05) is 25.1 Å². The van der Waals surface area contributed by atoms with E-state index in [-0.39, 0.29) is 0 Å². The minimum absolute atomic E-state index is 0.327. The maximum Gasteiger partial charge on any atom is 0.210 e. The Morgan fingerprint density at radius 2 is 2.33 bits per heavy atom. The topological polar surface area (TPSA) is 26.0 Å². The van der Waals surface area contributed by atoms with Crippen molar-refractivity contribution >= 4 is 22.7 Å². The van der Waals surface area contributed by atoms with Gasteiger partial charge in [-0.2, -0.15) is 0 Å². The molecule has 12 heavy (non-hydrogen) atoms. The molecule has 3 heteroatoms. The van der Waals surface area contributed by atoms with E-state index in [0.29, 0.717) is 11.8 Å². The van der Waals surface area contributed by atoms with Crippen molar-refractivity contribution in [1.82, 2.24) is 4.98 Å². The predicted octanol–water partition coefficient (Wildman–Crippen LogP) is 2.88. The molecule has 2 nitrogen and oxygen atoms in total. The van der Waals surface area contributed by atoms with Crippen LogP contribution in [0.5, 0.6) is 0 Å². The van der Waals surface area contributed by atoms with Crippen LogP contribution >= 0.6 is 11.6 Å². The molecule has 0 amide bonds. The molecule has 0 atom stereocenters. The Balaban J connectivity index is 2.74. The zero-order valence-corrected chi connectivity index (χ0v) is 7.43. The van der Waals surface area contributed by atoms with Crippen molar-refractivity contribution in [2.24, 2.45) is 0 Å². The number of hydrogen-bond donors (Lipinski definition) is 0. The average Bonchev–Trinajstić information content (AvgIpc) is 2.49. The number of oxazole rings is 1. The summed E-state index contributed by atoms with van der Waals surface area (Å²) in [5.41, 5.74) is 2.81. The lowest BCUT2D eigenvalue weighted by atomic mass is 10.2. The summed E-state index contributed by atoms with van der Waals surface area (Å²) >= 11 is 5.59. The molecule has 0 fully saturated rings. The lowest BCUT2D eigenvalue weighted by Gasteiger charge is -1.89. The Kier molecular flexibility index (Phi) is 1.77.